The average Bonchev–Trinajstić information content (AvgIpc) is 2.67. The highest BCUT2D eigenvalue weighted by atomic mass is 16.1. The maximum atomic E-state index is 11.8. The zero-order chi connectivity index (χ0) is 14.5. The van der Waals surface area contributed by atoms with Gasteiger partial charge in [0.15, 0.2) is 0 Å². The highest BCUT2D eigenvalue weighted by molar-refractivity contribution is 5.78. The summed E-state index contributed by atoms with van der Waals surface area (Å²) in [7, 11) is 2.07. The van der Waals surface area contributed by atoms with Gasteiger partial charge in [0, 0.05) is 25.0 Å². The summed E-state index contributed by atoms with van der Waals surface area (Å²) in [5.41, 5.74) is 4.90. The summed E-state index contributed by atoms with van der Waals surface area (Å²) in [6.07, 6.45) is 1.34. The van der Waals surface area contributed by atoms with Gasteiger partial charge in [0.1, 0.15) is 0 Å². The van der Waals surface area contributed by atoms with Crippen LogP contribution in [0.2, 0.25) is 0 Å². The predicted molar refractivity (Wildman–Crippen MR) is 81.7 cm³/mol. The third kappa shape index (κ3) is 3.50. The Kier molecular flexibility index (Phi) is 4.61. The third-order valence-electron chi connectivity index (χ3n) is 3.80. The van der Waals surface area contributed by atoms with Crippen LogP contribution < -0.4 is 5.32 Å². The van der Waals surface area contributed by atoms with Gasteiger partial charge in [-0.3, -0.25) is 4.79 Å². The van der Waals surface area contributed by atoms with Crippen molar-refractivity contribution in [3.8, 4) is 0 Å². The van der Waals surface area contributed by atoms with Crippen LogP contribution in [0.1, 0.15) is 22.5 Å². The van der Waals surface area contributed by atoms with E-state index in [0.717, 1.165) is 12.0 Å². The largest absolute Gasteiger partial charge is 0.355 e. The van der Waals surface area contributed by atoms with E-state index in [4.69, 9.17) is 0 Å². The summed E-state index contributed by atoms with van der Waals surface area (Å²) in [6, 6.07) is 12.0. The van der Waals surface area contributed by atoms with Crippen molar-refractivity contribution >= 4 is 5.91 Å². The standard InChI is InChI=1S/C17H22N2O/c1-13-11-16(14(2)19(13)3)9-10-18-17(20)12-15-7-5-4-6-8-15/h4-8,11H,9-10,12H2,1-3H3,(H,18,20). The number of carbonyl (C=O) groups excluding carboxylic acids is 1. The Labute approximate surface area is 120 Å². The fourth-order valence-electron chi connectivity index (χ4n) is 2.37. The SMILES string of the molecule is Cc1cc(CCNC(=O)Cc2ccccc2)c(C)n1C. The van der Waals surface area contributed by atoms with Gasteiger partial charge >= 0.3 is 0 Å². The number of aromatic nitrogens is 1. The van der Waals surface area contributed by atoms with Gasteiger partial charge in [-0.2, -0.15) is 0 Å². The van der Waals surface area contributed by atoms with Crippen molar-refractivity contribution in [3.63, 3.8) is 0 Å². The molecular formula is C17H22N2O. The van der Waals surface area contributed by atoms with E-state index < -0.39 is 0 Å². The third-order valence-corrected chi connectivity index (χ3v) is 3.80. The van der Waals surface area contributed by atoms with Crippen LogP contribution in [0.5, 0.6) is 0 Å². The minimum absolute atomic E-state index is 0.0847. The van der Waals surface area contributed by atoms with E-state index in [1.165, 1.54) is 17.0 Å². The zero-order valence-electron chi connectivity index (χ0n) is 12.4. The lowest BCUT2D eigenvalue weighted by atomic mass is 10.1. The molecule has 0 fully saturated rings. The molecule has 0 aliphatic rings. The number of amides is 1. The first-order valence-electron chi connectivity index (χ1n) is 7.00. The number of hydrogen-bond acceptors (Lipinski definition) is 1. The molecule has 0 atom stereocenters. The van der Waals surface area contributed by atoms with Crippen LogP contribution in [0.3, 0.4) is 0 Å². The van der Waals surface area contributed by atoms with E-state index in [9.17, 15) is 4.79 Å². The van der Waals surface area contributed by atoms with Crippen molar-refractivity contribution in [2.24, 2.45) is 7.05 Å². The van der Waals surface area contributed by atoms with Crippen LogP contribution in [0.15, 0.2) is 36.4 Å². The van der Waals surface area contributed by atoms with Crippen LogP contribution >= 0.6 is 0 Å². The Balaban J connectivity index is 1.81. The van der Waals surface area contributed by atoms with Gasteiger partial charge in [-0.15, -0.1) is 0 Å². The normalized spacial score (nSPS) is 10.6. The number of aryl methyl sites for hydroxylation is 1. The summed E-state index contributed by atoms with van der Waals surface area (Å²) in [6.45, 7) is 4.91. The van der Waals surface area contributed by atoms with Crippen LogP contribution in [0, 0.1) is 13.8 Å². The van der Waals surface area contributed by atoms with Gasteiger partial charge in [0.25, 0.3) is 0 Å². The van der Waals surface area contributed by atoms with Crippen molar-refractivity contribution in [2.45, 2.75) is 26.7 Å². The lowest BCUT2D eigenvalue weighted by Crippen LogP contribution is -2.27. The van der Waals surface area contributed by atoms with E-state index in [2.05, 4.69) is 36.8 Å². The summed E-state index contributed by atoms with van der Waals surface area (Å²) < 4.78 is 2.18. The molecule has 0 saturated carbocycles. The second-order valence-corrected chi connectivity index (χ2v) is 5.22. The van der Waals surface area contributed by atoms with Crippen molar-refractivity contribution in [1.82, 2.24) is 9.88 Å². The molecule has 3 heteroatoms. The quantitative estimate of drug-likeness (QED) is 0.890. The molecular weight excluding hydrogens is 248 g/mol. The minimum atomic E-state index is 0.0847. The Morgan fingerprint density at radius 1 is 1.20 bits per heavy atom. The first-order valence-corrected chi connectivity index (χ1v) is 7.00. The molecule has 1 aromatic carbocycles. The van der Waals surface area contributed by atoms with E-state index in [0.29, 0.717) is 13.0 Å². The molecule has 0 saturated heterocycles. The van der Waals surface area contributed by atoms with E-state index >= 15 is 0 Å². The molecule has 1 heterocycles. The predicted octanol–water partition coefficient (Wildman–Crippen LogP) is 2.54. The van der Waals surface area contributed by atoms with Crippen LogP contribution in [0.25, 0.3) is 0 Å². The molecule has 0 aliphatic heterocycles. The Morgan fingerprint density at radius 3 is 2.50 bits per heavy atom. The van der Waals surface area contributed by atoms with Crippen molar-refractivity contribution < 1.29 is 4.79 Å². The maximum absolute atomic E-state index is 11.8. The second-order valence-electron chi connectivity index (χ2n) is 5.22. The summed E-state index contributed by atoms with van der Waals surface area (Å²) in [4.78, 5) is 11.8. The van der Waals surface area contributed by atoms with Gasteiger partial charge < -0.3 is 9.88 Å². The molecule has 0 radical (unpaired) electrons. The molecule has 106 valence electrons. The number of benzene rings is 1. The van der Waals surface area contributed by atoms with Gasteiger partial charge in [0.05, 0.1) is 6.42 Å². The topological polar surface area (TPSA) is 34.0 Å². The Bertz CT molecular complexity index is 585. The average molecular weight is 270 g/mol. The number of carbonyl (C=O) groups is 1. The molecule has 1 amide bonds. The number of rotatable bonds is 5. The molecule has 1 aromatic heterocycles. The molecule has 3 nitrogen and oxygen atoms in total. The van der Waals surface area contributed by atoms with E-state index in [-0.39, 0.29) is 5.91 Å². The van der Waals surface area contributed by atoms with Crippen molar-refractivity contribution in [2.75, 3.05) is 6.54 Å². The number of nitrogens with zero attached hydrogens (tertiary/aromatic N) is 1. The molecule has 0 bridgehead atoms. The maximum Gasteiger partial charge on any atom is 0.224 e. The summed E-state index contributed by atoms with van der Waals surface area (Å²) in [5, 5.41) is 2.99. The lowest BCUT2D eigenvalue weighted by molar-refractivity contribution is -0.120. The highest BCUT2D eigenvalue weighted by Crippen LogP contribution is 2.13. The highest BCUT2D eigenvalue weighted by Gasteiger charge is 2.07. The van der Waals surface area contributed by atoms with E-state index in [1.807, 2.05) is 30.3 Å². The summed E-state index contributed by atoms with van der Waals surface area (Å²) in [5.74, 6) is 0.0847. The van der Waals surface area contributed by atoms with Gasteiger partial charge in [-0.25, -0.2) is 0 Å². The van der Waals surface area contributed by atoms with Crippen LogP contribution in [-0.4, -0.2) is 17.0 Å². The van der Waals surface area contributed by atoms with Crippen LogP contribution in [0.4, 0.5) is 0 Å². The van der Waals surface area contributed by atoms with Gasteiger partial charge in [0.2, 0.25) is 5.91 Å². The smallest absolute Gasteiger partial charge is 0.224 e. The number of hydrogen-bond donors (Lipinski definition) is 1. The van der Waals surface area contributed by atoms with Crippen molar-refractivity contribution in [3.05, 3.63) is 58.9 Å². The van der Waals surface area contributed by atoms with Gasteiger partial charge in [-0.1, -0.05) is 30.3 Å². The molecule has 2 rings (SSSR count). The Hall–Kier alpha value is -2.03. The molecule has 0 unspecified atom stereocenters. The summed E-state index contributed by atoms with van der Waals surface area (Å²) >= 11 is 0. The van der Waals surface area contributed by atoms with Crippen LogP contribution in [-0.2, 0) is 24.7 Å². The first-order chi connectivity index (χ1) is 9.58. The molecule has 2 aromatic rings. The minimum Gasteiger partial charge on any atom is -0.355 e. The molecule has 20 heavy (non-hydrogen) atoms. The number of nitrogens with one attached hydrogen (secondary N) is 1. The molecule has 0 spiro atoms. The van der Waals surface area contributed by atoms with E-state index in [1.54, 1.807) is 0 Å². The fraction of sp³-hybridized carbons (Fsp3) is 0.353. The second kappa shape index (κ2) is 6.42. The first kappa shape index (κ1) is 14.4. The van der Waals surface area contributed by atoms with Crippen molar-refractivity contribution in [1.29, 1.82) is 0 Å². The zero-order valence-corrected chi connectivity index (χ0v) is 12.4. The lowest BCUT2D eigenvalue weighted by Gasteiger charge is -2.06. The fourth-order valence-corrected chi connectivity index (χ4v) is 2.37. The Morgan fingerprint density at radius 2 is 1.90 bits per heavy atom. The monoisotopic (exact) mass is 270 g/mol. The van der Waals surface area contributed by atoms with Gasteiger partial charge in [-0.05, 0) is 37.5 Å². The molecule has 0 aliphatic carbocycles. The molecule has 1 N–H and O–H groups in total.